The number of carbonyl (C=O) groups excluding carboxylic acids is 2. The van der Waals surface area contributed by atoms with Gasteiger partial charge < -0.3 is 4.74 Å². The third-order valence-corrected chi connectivity index (χ3v) is 6.58. The van der Waals surface area contributed by atoms with Gasteiger partial charge in [0.25, 0.3) is 0 Å². The number of unbranched alkanes of at least 4 members (excludes halogenated alkanes) is 1. The zero-order valence-electron chi connectivity index (χ0n) is 18.7. The van der Waals surface area contributed by atoms with Gasteiger partial charge >= 0.3 is 5.97 Å². The molecule has 0 aliphatic rings. The van der Waals surface area contributed by atoms with Gasteiger partial charge in [-0.2, -0.15) is 0 Å². The number of halogens is 2. The third kappa shape index (κ3) is 5.80. The number of rotatable bonds is 8. The molecule has 172 valence electrons. The summed E-state index contributed by atoms with van der Waals surface area (Å²) in [6.45, 7) is 1.85. The zero-order chi connectivity index (χ0) is 24.1. The van der Waals surface area contributed by atoms with Gasteiger partial charge in [0.2, 0.25) is 0 Å². The summed E-state index contributed by atoms with van der Waals surface area (Å²) >= 11 is 6.82. The fraction of sp³-hybridized carbons (Fsp3) is 0.179. The molecule has 0 saturated carbocycles. The maximum absolute atomic E-state index is 13.1. The molecule has 0 aliphatic carbocycles. The van der Waals surface area contributed by atoms with Crippen LogP contribution in [0.4, 0.5) is 0 Å². The first kappa shape index (κ1) is 24.3. The van der Waals surface area contributed by atoms with Gasteiger partial charge in [-0.15, -0.1) is 0 Å². The predicted octanol–water partition coefficient (Wildman–Crippen LogP) is 7.81. The van der Waals surface area contributed by atoms with Crippen molar-refractivity contribution in [3.63, 3.8) is 0 Å². The van der Waals surface area contributed by atoms with Crippen molar-refractivity contribution in [1.29, 1.82) is 0 Å². The molecule has 0 atom stereocenters. The number of hydrogen-bond donors (Lipinski definition) is 0. The van der Waals surface area contributed by atoms with Gasteiger partial charge in [-0.25, -0.2) is 9.78 Å². The third-order valence-electron chi connectivity index (χ3n) is 5.56. The number of fused-ring (bicyclic) bond motifs is 1. The van der Waals surface area contributed by atoms with E-state index in [0.29, 0.717) is 27.7 Å². The molecule has 3 aromatic carbocycles. The number of benzene rings is 3. The Balaban J connectivity index is 1.62. The van der Waals surface area contributed by atoms with Crippen molar-refractivity contribution in [3.05, 3.63) is 98.4 Å². The first-order chi connectivity index (χ1) is 16.4. The van der Waals surface area contributed by atoms with E-state index in [0.717, 1.165) is 33.8 Å². The average molecular weight is 581 g/mol. The van der Waals surface area contributed by atoms with Crippen LogP contribution >= 0.6 is 31.9 Å². The summed E-state index contributed by atoms with van der Waals surface area (Å²) in [4.78, 5) is 30.4. The Morgan fingerprint density at radius 1 is 0.882 bits per heavy atom. The number of pyridine rings is 1. The Morgan fingerprint density at radius 3 is 2.29 bits per heavy atom. The first-order valence-corrected chi connectivity index (χ1v) is 12.7. The van der Waals surface area contributed by atoms with E-state index in [4.69, 9.17) is 9.72 Å². The van der Waals surface area contributed by atoms with E-state index in [2.05, 4.69) is 50.9 Å². The van der Waals surface area contributed by atoms with Crippen LogP contribution in [0.3, 0.4) is 0 Å². The second-order valence-corrected chi connectivity index (χ2v) is 9.85. The lowest BCUT2D eigenvalue weighted by Gasteiger charge is -2.11. The van der Waals surface area contributed by atoms with Gasteiger partial charge in [0, 0.05) is 25.5 Å². The first-order valence-electron chi connectivity index (χ1n) is 11.1. The minimum Gasteiger partial charge on any atom is -0.454 e. The molecule has 4 aromatic rings. The maximum Gasteiger partial charge on any atom is 0.339 e. The standard InChI is InChI=1S/C28H23Br2NO3/c1-2-3-4-18-5-7-19(8-6-18)26-16-24(23-15-22(30)13-14-25(23)31-26)28(33)34-17-27(32)20-9-11-21(29)12-10-20/h5-16H,2-4,17H2,1H3. The Kier molecular flexibility index (Phi) is 7.91. The van der Waals surface area contributed by atoms with Crippen molar-refractivity contribution in [3.8, 4) is 11.3 Å². The molecule has 0 N–H and O–H groups in total. The van der Waals surface area contributed by atoms with E-state index in [9.17, 15) is 9.59 Å². The predicted molar refractivity (Wildman–Crippen MR) is 142 cm³/mol. The number of aromatic nitrogens is 1. The van der Waals surface area contributed by atoms with E-state index in [-0.39, 0.29) is 12.4 Å². The lowest BCUT2D eigenvalue weighted by Crippen LogP contribution is -2.15. The number of carbonyl (C=O) groups is 2. The van der Waals surface area contributed by atoms with E-state index in [1.807, 2.05) is 30.3 Å². The van der Waals surface area contributed by atoms with Crippen LogP contribution in [0, 0.1) is 0 Å². The number of hydrogen-bond acceptors (Lipinski definition) is 4. The van der Waals surface area contributed by atoms with Crippen molar-refractivity contribution in [2.45, 2.75) is 26.2 Å². The molecular formula is C28H23Br2NO3. The summed E-state index contributed by atoms with van der Waals surface area (Å²) < 4.78 is 7.14. The number of ether oxygens (including phenoxy) is 1. The van der Waals surface area contributed by atoms with Crippen molar-refractivity contribution in [2.24, 2.45) is 0 Å². The molecule has 0 saturated heterocycles. The molecule has 6 heteroatoms. The topological polar surface area (TPSA) is 56.3 Å². The number of esters is 1. The van der Waals surface area contributed by atoms with E-state index >= 15 is 0 Å². The smallest absolute Gasteiger partial charge is 0.339 e. The fourth-order valence-corrected chi connectivity index (χ4v) is 4.29. The molecule has 1 heterocycles. The van der Waals surface area contributed by atoms with Crippen LogP contribution in [0.5, 0.6) is 0 Å². The van der Waals surface area contributed by atoms with Gasteiger partial charge in [-0.3, -0.25) is 4.79 Å². The van der Waals surface area contributed by atoms with Crippen LogP contribution < -0.4 is 0 Å². The summed E-state index contributed by atoms with van der Waals surface area (Å²) in [5, 5.41) is 0.666. The molecule has 4 rings (SSSR count). The zero-order valence-corrected chi connectivity index (χ0v) is 21.9. The van der Waals surface area contributed by atoms with Crippen LogP contribution in [0.2, 0.25) is 0 Å². The normalized spacial score (nSPS) is 10.9. The molecule has 0 aliphatic heterocycles. The number of ketones is 1. The quantitative estimate of drug-likeness (QED) is 0.157. The summed E-state index contributed by atoms with van der Waals surface area (Å²) in [7, 11) is 0. The lowest BCUT2D eigenvalue weighted by atomic mass is 10.0. The molecule has 1 aromatic heterocycles. The fourth-order valence-electron chi connectivity index (χ4n) is 3.67. The van der Waals surface area contributed by atoms with Crippen LogP contribution in [0.25, 0.3) is 22.2 Å². The second kappa shape index (κ2) is 11.1. The Hall–Kier alpha value is -2.83. The minimum absolute atomic E-state index is 0.261. The summed E-state index contributed by atoms with van der Waals surface area (Å²) in [6, 6.07) is 22.6. The van der Waals surface area contributed by atoms with Gasteiger partial charge in [-0.1, -0.05) is 81.6 Å². The van der Waals surface area contributed by atoms with Crippen LogP contribution in [0.15, 0.2) is 81.7 Å². The molecule has 4 nitrogen and oxygen atoms in total. The van der Waals surface area contributed by atoms with E-state index in [1.54, 1.807) is 30.3 Å². The summed E-state index contributed by atoms with van der Waals surface area (Å²) in [5.74, 6) is -0.819. The summed E-state index contributed by atoms with van der Waals surface area (Å²) in [5.41, 5.74) is 4.43. The van der Waals surface area contributed by atoms with Crippen molar-refractivity contribution in [1.82, 2.24) is 4.98 Å². The van der Waals surface area contributed by atoms with Gasteiger partial charge in [0.1, 0.15) is 0 Å². The molecule has 34 heavy (non-hydrogen) atoms. The van der Waals surface area contributed by atoms with Gasteiger partial charge in [0.15, 0.2) is 12.4 Å². The maximum atomic E-state index is 13.1. The number of Topliss-reactive ketones (excluding diaryl/α,β-unsaturated/α-hetero) is 1. The SMILES string of the molecule is CCCCc1ccc(-c2cc(C(=O)OCC(=O)c3ccc(Br)cc3)c3cc(Br)ccc3n2)cc1. The highest BCUT2D eigenvalue weighted by molar-refractivity contribution is 9.10. The largest absolute Gasteiger partial charge is 0.454 e. The Morgan fingerprint density at radius 2 is 1.59 bits per heavy atom. The van der Waals surface area contributed by atoms with Crippen LogP contribution in [-0.2, 0) is 11.2 Å². The molecule has 0 radical (unpaired) electrons. The molecule has 0 spiro atoms. The second-order valence-electron chi connectivity index (χ2n) is 8.02. The molecule has 0 bridgehead atoms. The Bertz CT molecular complexity index is 1330. The molecule has 0 amide bonds. The van der Waals surface area contributed by atoms with Gasteiger partial charge in [-0.05, 0) is 54.8 Å². The monoisotopic (exact) mass is 579 g/mol. The minimum atomic E-state index is -0.559. The van der Waals surface area contributed by atoms with E-state index in [1.165, 1.54) is 5.56 Å². The number of nitrogens with zero attached hydrogens (tertiary/aromatic N) is 1. The van der Waals surface area contributed by atoms with E-state index < -0.39 is 5.97 Å². The van der Waals surface area contributed by atoms with Crippen molar-refractivity contribution < 1.29 is 14.3 Å². The number of aryl methyl sites for hydroxylation is 1. The molecular weight excluding hydrogens is 558 g/mol. The molecule has 0 unspecified atom stereocenters. The Labute approximate surface area is 215 Å². The lowest BCUT2D eigenvalue weighted by molar-refractivity contribution is 0.0476. The highest BCUT2D eigenvalue weighted by Gasteiger charge is 2.18. The van der Waals surface area contributed by atoms with Crippen LogP contribution in [0.1, 0.15) is 46.0 Å². The molecule has 0 fully saturated rings. The van der Waals surface area contributed by atoms with Crippen molar-refractivity contribution >= 4 is 54.5 Å². The summed E-state index contributed by atoms with van der Waals surface area (Å²) in [6.07, 6.45) is 3.34. The van der Waals surface area contributed by atoms with Crippen LogP contribution in [-0.4, -0.2) is 23.3 Å². The van der Waals surface area contributed by atoms with Crippen molar-refractivity contribution in [2.75, 3.05) is 6.61 Å². The highest BCUT2D eigenvalue weighted by atomic mass is 79.9. The van der Waals surface area contributed by atoms with Gasteiger partial charge in [0.05, 0.1) is 16.8 Å². The highest BCUT2D eigenvalue weighted by Crippen LogP contribution is 2.28. The average Bonchev–Trinajstić information content (AvgIpc) is 2.86.